The van der Waals surface area contributed by atoms with Crippen LogP contribution in [0.15, 0.2) is 59.7 Å². The van der Waals surface area contributed by atoms with Crippen molar-refractivity contribution in [1.29, 1.82) is 0 Å². The standard InChI is InChI=1S/C26H28O7/c1-16(18-10-12-19(13-11-18)24(29)33-26(2,3)4)22(25(30)32-6)21(23(27)28)15-17-8-7-9-20(14-17)31-5/h7-15H,1-6H3,(H,27,28). The van der Waals surface area contributed by atoms with E-state index in [0.717, 1.165) is 0 Å². The molecule has 7 heteroatoms. The number of carboxylic acid groups (broad SMARTS) is 1. The zero-order chi connectivity index (χ0) is 24.8. The predicted molar refractivity (Wildman–Crippen MR) is 125 cm³/mol. The second kappa shape index (κ2) is 10.6. The highest BCUT2D eigenvalue weighted by atomic mass is 16.6. The number of benzene rings is 2. The number of hydrogen-bond acceptors (Lipinski definition) is 6. The summed E-state index contributed by atoms with van der Waals surface area (Å²) in [5.41, 5.74) is 0.856. The number of esters is 2. The molecule has 1 N–H and O–H groups in total. The minimum atomic E-state index is -1.29. The van der Waals surface area contributed by atoms with Gasteiger partial charge in [-0.2, -0.15) is 0 Å². The Morgan fingerprint density at radius 2 is 1.55 bits per heavy atom. The normalized spacial score (nSPS) is 12.5. The van der Waals surface area contributed by atoms with E-state index in [2.05, 4.69) is 0 Å². The molecule has 0 saturated heterocycles. The molecule has 2 aromatic rings. The first-order valence-corrected chi connectivity index (χ1v) is 10.2. The molecule has 0 aliphatic carbocycles. The molecular formula is C26H28O7. The van der Waals surface area contributed by atoms with Crippen LogP contribution in [0.4, 0.5) is 0 Å². The Balaban J connectivity index is 2.57. The van der Waals surface area contributed by atoms with Gasteiger partial charge < -0.3 is 19.3 Å². The van der Waals surface area contributed by atoms with Crippen LogP contribution in [0.25, 0.3) is 11.6 Å². The monoisotopic (exact) mass is 452 g/mol. The van der Waals surface area contributed by atoms with E-state index in [1.54, 1.807) is 76.2 Å². The molecule has 33 heavy (non-hydrogen) atoms. The van der Waals surface area contributed by atoms with Crippen molar-refractivity contribution in [1.82, 2.24) is 0 Å². The molecule has 0 aliphatic heterocycles. The number of carbonyl (C=O) groups excluding carboxylic acids is 2. The first-order valence-electron chi connectivity index (χ1n) is 10.2. The molecule has 0 atom stereocenters. The van der Waals surface area contributed by atoms with Gasteiger partial charge in [0.2, 0.25) is 0 Å². The quantitative estimate of drug-likeness (QED) is 0.367. The minimum Gasteiger partial charge on any atom is -0.497 e. The van der Waals surface area contributed by atoms with Crippen molar-refractivity contribution in [2.75, 3.05) is 14.2 Å². The summed E-state index contributed by atoms with van der Waals surface area (Å²) in [5, 5.41) is 9.89. The summed E-state index contributed by atoms with van der Waals surface area (Å²) in [6, 6.07) is 13.2. The molecule has 0 saturated carbocycles. The lowest BCUT2D eigenvalue weighted by Crippen LogP contribution is -2.23. The number of carbonyl (C=O) groups is 3. The third kappa shape index (κ3) is 6.80. The minimum absolute atomic E-state index is 0.0992. The number of methoxy groups -OCH3 is 2. The fourth-order valence-electron chi connectivity index (χ4n) is 3.04. The fraction of sp³-hybridized carbons (Fsp3) is 0.269. The highest BCUT2D eigenvalue weighted by Gasteiger charge is 2.25. The SMILES string of the molecule is COC(=O)C(C(=Cc1cccc(OC)c1)C(=O)O)=C(C)c1ccc(C(=O)OC(C)(C)C)cc1. The van der Waals surface area contributed by atoms with Gasteiger partial charge in [-0.25, -0.2) is 14.4 Å². The smallest absolute Gasteiger partial charge is 0.339 e. The molecular weight excluding hydrogens is 424 g/mol. The first-order chi connectivity index (χ1) is 15.5. The third-order valence-electron chi connectivity index (χ3n) is 4.62. The van der Waals surface area contributed by atoms with Crippen LogP contribution in [0.3, 0.4) is 0 Å². The third-order valence-corrected chi connectivity index (χ3v) is 4.62. The van der Waals surface area contributed by atoms with E-state index in [9.17, 15) is 19.5 Å². The molecule has 0 amide bonds. The van der Waals surface area contributed by atoms with Gasteiger partial charge in [0.25, 0.3) is 0 Å². The molecule has 0 spiro atoms. The van der Waals surface area contributed by atoms with Crippen LogP contribution in [0.2, 0.25) is 0 Å². The molecule has 2 rings (SSSR count). The maximum Gasteiger partial charge on any atom is 0.339 e. The van der Waals surface area contributed by atoms with Gasteiger partial charge in [0.15, 0.2) is 0 Å². The summed E-state index contributed by atoms with van der Waals surface area (Å²) in [5.74, 6) is -2.01. The van der Waals surface area contributed by atoms with Gasteiger partial charge >= 0.3 is 17.9 Å². The summed E-state index contributed by atoms with van der Waals surface area (Å²) >= 11 is 0. The Kier molecular flexibility index (Phi) is 8.18. The van der Waals surface area contributed by atoms with Crippen LogP contribution in [-0.2, 0) is 19.1 Å². The van der Waals surface area contributed by atoms with Crippen LogP contribution in [0.5, 0.6) is 5.75 Å². The summed E-state index contributed by atoms with van der Waals surface area (Å²) in [7, 11) is 2.69. The molecule has 0 aliphatic rings. The number of carboxylic acids is 1. The molecule has 0 fully saturated rings. The summed E-state index contributed by atoms with van der Waals surface area (Å²) in [6.07, 6.45) is 1.38. The zero-order valence-corrected chi connectivity index (χ0v) is 19.6. The highest BCUT2D eigenvalue weighted by Crippen LogP contribution is 2.28. The lowest BCUT2D eigenvalue weighted by Gasteiger charge is -2.19. The van der Waals surface area contributed by atoms with Gasteiger partial charge in [0, 0.05) is 0 Å². The van der Waals surface area contributed by atoms with Crippen LogP contribution < -0.4 is 4.74 Å². The largest absolute Gasteiger partial charge is 0.497 e. The van der Waals surface area contributed by atoms with E-state index in [-0.39, 0.29) is 11.1 Å². The Bertz CT molecular complexity index is 1100. The molecule has 0 bridgehead atoms. The molecule has 0 heterocycles. The molecule has 0 radical (unpaired) electrons. The van der Waals surface area contributed by atoms with E-state index >= 15 is 0 Å². The summed E-state index contributed by atoms with van der Waals surface area (Å²) < 4.78 is 15.4. The predicted octanol–water partition coefficient (Wildman–Crippen LogP) is 4.77. The number of hydrogen-bond donors (Lipinski definition) is 1. The van der Waals surface area contributed by atoms with Crippen molar-refractivity contribution in [2.45, 2.75) is 33.3 Å². The second-order valence-corrected chi connectivity index (χ2v) is 8.21. The van der Waals surface area contributed by atoms with Gasteiger partial charge in [-0.15, -0.1) is 0 Å². The van der Waals surface area contributed by atoms with Gasteiger partial charge in [-0.3, -0.25) is 0 Å². The van der Waals surface area contributed by atoms with Crippen LogP contribution in [0.1, 0.15) is 49.2 Å². The molecule has 7 nitrogen and oxygen atoms in total. The lowest BCUT2D eigenvalue weighted by atomic mass is 9.93. The fourth-order valence-corrected chi connectivity index (χ4v) is 3.04. The first kappa shape index (κ1) is 25.4. The average molecular weight is 453 g/mol. The summed E-state index contributed by atoms with van der Waals surface area (Å²) in [6.45, 7) is 6.95. The van der Waals surface area contributed by atoms with Crippen molar-refractivity contribution in [2.24, 2.45) is 0 Å². The van der Waals surface area contributed by atoms with Gasteiger partial charge in [0.1, 0.15) is 11.4 Å². The van der Waals surface area contributed by atoms with E-state index in [1.165, 1.54) is 20.3 Å². The lowest BCUT2D eigenvalue weighted by molar-refractivity contribution is -0.138. The molecule has 0 unspecified atom stereocenters. The average Bonchev–Trinajstić information content (AvgIpc) is 2.77. The molecule has 0 aromatic heterocycles. The van der Waals surface area contributed by atoms with Crippen molar-refractivity contribution in [3.8, 4) is 5.75 Å². The number of ether oxygens (including phenoxy) is 3. The topological polar surface area (TPSA) is 99.1 Å². The Morgan fingerprint density at radius 1 is 0.939 bits per heavy atom. The second-order valence-electron chi connectivity index (χ2n) is 8.21. The van der Waals surface area contributed by atoms with E-state index in [0.29, 0.717) is 28.0 Å². The van der Waals surface area contributed by atoms with E-state index in [1.807, 2.05) is 0 Å². The van der Waals surface area contributed by atoms with Gasteiger partial charge in [-0.1, -0.05) is 24.3 Å². The van der Waals surface area contributed by atoms with Gasteiger partial charge in [-0.05, 0) is 74.7 Å². The van der Waals surface area contributed by atoms with E-state index < -0.39 is 23.5 Å². The number of aliphatic carboxylic acids is 1. The highest BCUT2D eigenvalue weighted by molar-refractivity contribution is 6.14. The summed E-state index contributed by atoms with van der Waals surface area (Å²) in [4.78, 5) is 37.0. The number of rotatable bonds is 7. The van der Waals surface area contributed by atoms with Crippen molar-refractivity contribution >= 4 is 29.6 Å². The van der Waals surface area contributed by atoms with Crippen molar-refractivity contribution in [3.05, 3.63) is 76.4 Å². The van der Waals surface area contributed by atoms with Gasteiger partial charge in [0.05, 0.1) is 30.9 Å². The Labute approximate surface area is 193 Å². The Hall–Kier alpha value is -3.87. The number of allylic oxidation sites excluding steroid dienone is 1. The van der Waals surface area contributed by atoms with Crippen LogP contribution >= 0.6 is 0 Å². The maximum atomic E-state index is 12.6. The zero-order valence-electron chi connectivity index (χ0n) is 19.6. The van der Waals surface area contributed by atoms with Crippen LogP contribution in [-0.4, -0.2) is 42.8 Å². The molecule has 174 valence electrons. The molecule has 2 aromatic carbocycles. The van der Waals surface area contributed by atoms with Crippen molar-refractivity contribution < 1.29 is 33.7 Å². The maximum absolute atomic E-state index is 12.6. The van der Waals surface area contributed by atoms with E-state index in [4.69, 9.17) is 14.2 Å². The van der Waals surface area contributed by atoms with Crippen LogP contribution in [0, 0.1) is 0 Å². The Morgan fingerprint density at radius 3 is 2.06 bits per heavy atom. The van der Waals surface area contributed by atoms with Crippen molar-refractivity contribution in [3.63, 3.8) is 0 Å².